The van der Waals surface area contributed by atoms with E-state index in [0.717, 1.165) is 11.3 Å². The molecule has 10 heteroatoms. The van der Waals surface area contributed by atoms with E-state index < -0.39 is 17.4 Å². The number of benzene rings is 3. The third-order valence-electron chi connectivity index (χ3n) is 7.39. The zero-order valence-electron chi connectivity index (χ0n) is 24.7. The average Bonchev–Trinajstić information content (AvgIpc) is 3.38. The Balaban J connectivity index is 1.50. The summed E-state index contributed by atoms with van der Waals surface area (Å²) in [5.41, 5.74) is 3.26. The number of pyridine rings is 1. The summed E-state index contributed by atoms with van der Waals surface area (Å²) in [5.74, 6) is 0.264. The van der Waals surface area contributed by atoms with Gasteiger partial charge in [-0.05, 0) is 79.1 Å². The number of aromatic nitrogens is 3. The normalized spacial score (nSPS) is 11.8. The summed E-state index contributed by atoms with van der Waals surface area (Å²) in [6.07, 6.45) is 3.25. The second-order valence-corrected chi connectivity index (χ2v) is 10.6. The minimum atomic E-state index is -0.486. The number of halogens is 2. The summed E-state index contributed by atoms with van der Waals surface area (Å²) in [6.45, 7) is 4.06. The van der Waals surface area contributed by atoms with E-state index in [4.69, 9.17) is 25.8 Å². The number of hydrogen-bond donors (Lipinski definition) is 0. The van der Waals surface area contributed by atoms with E-state index in [2.05, 4.69) is 4.98 Å². The van der Waals surface area contributed by atoms with Gasteiger partial charge in [0.25, 0.3) is 5.56 Å². The minimum Gasteiger partial charge on any atom is -0.497 e. The van der Waals surface area contributed by atoms with Gasteiger partial charge in [-0.1, -0.05) is 35.9 Å². The molecule has 226 valence electrons. The van der Waals surface area contributed by atoms with Gasteiger partial charge in [0.05, 0.1) is 50.4 Å². The van der Waals surface area contributed by atoms with E-state index in [1.807, 2.05) is 31.2 Å². The maximum absolute atomic E-state index is 13.9. The maximum Gasteiger partial charge on any atom is 0.262 e. The summed E-state index contributed by atoms with van der Waals surface area (Å²) in [7, 11) is 3.09. The second-order valence-electron chi connectivity index (χ2n) is 10.2. The Kier molecular flexibility index (Phi) is 9.27. The van der Waals surface area contributed by atoms with Gasteiger partial charge in [0.1, 0.15) is 28.8 Å². The van der Waals surface area contributed by atoms with Crippen LogP contribution in [0.1, 0.15) is 51.3 Å². The smallest absolute Gasteiger partial charge is 0.262 e. The summed E-state index contributed by atoms with van der Waals surface area (Å²) in [4.78, 5) is 31.9. The number of hydrogen-bond acceptors (Lipinski definition) is 6. The number of carbonyl (C=O) groups is 1. The standard InChI is InChI=1S/C34H31ClFN3O5/c1-21-33(35)39(20-37-21)30-14-9-26(16-31(30)43-4)32(40)29-15-24(19-44-18-23-5-12-28(42-3)13-6-23)17-38(34(29)41)22(2)25-7-10-27(36)11-8-25/h5-17,20,22H,18-19H2,1-4H3/t22-/m0/s1. The fourth-order valence-corrected chi connectivity index (χ4v) is 5.05. The quantitative estimate of drug-likeness (QED) is 0.154. The number of methoxy groups -OCH3 is 2. The molecule has 0 radical (unpaired) electrons. The van der Waals surface area contributed by atoms with Crippen LogP contribution >= 0.6 is 11.6 Å². The van der Waals surface area contributed by atoms with Crippen LogP contribution in [0.15, 0.2) is 90.1 Å². The van der Waals surface area contributed by atoms with E-state index in [0.29, 0.717) is 40.0 Å². The highest BCUT2D eigenvalue weighted by molar-refractivity contribution is 6.30. The zero-order chi connectivity index (χ0) is 31.4. The molecule has 1 atom stereocenters. The number of ketones is 1. The molecular weight excluding hydrogens is 585 g/mol. The van der Waals surface area contributed by atoms with Gasteiger partial charge in [-0.2, -0.15) is 0 Å². The maximum atomic E-state index is 13.9. The highest BCUT2D eigenvalue weighted by Crippen LogP contribution is 2.29. The van der Waals surface area contributed by atoms with Crippen molar-refractivity contribution in [1.29, 1.82) is 0 Å². The molecule has 3 aromatic carbocycles. The van der Waals surface area contributed by atoms with Crippen molar-refractivity contribution in [2.24, 2.45) is 0 Å². The summed E-state index contributed by atoms with van der Waals surface area (Å²) in [6, 6.07) is 19.4. The molecule has 2 aromatic heterocycles. The molecule has 0 unspecified atom stereocenters. The van der Waals surface area contributed by atoms with Crippen molar-refractivity contribution >= 4 is 17.4 Å². The Morgan fingerprint density at radius 3 is 2.30 bits per heavy atom. The van der Waals surface area contributed by atoms with Crippen LogP contribution in [0.5, 0.6) is 11.5 Å². The van der Waals surface area contributed by atoms with Gasteiger partial charge in [0.15, 0.2) is 5.78 Å². The lowest BCUT2D eigenvalue weighted by Crippen LogP contribution is -2.30. The molecule has 0 fully saturated rings. The molecule has 0 aliphatic rings. The van der Waals surface area contributed by atoms with E-state index in [1.54, 1.807) is 67.5 Å². The van der Waals surface area contributed by atoms with Gasteiger partial charge in [-0.3, -0.25) is 14.2 Å². The lowest BCUT2D eigenvalue weighted by molar-refractivity contribution is 0.102. The predicted octanol–water partition coefficient (Wildman–Crippen LogP) is 6.71. The van der Waals surface area contributed by atoms with Crippen molar-refractivity contribution in [3.05, 3.63) is 140 Å². The van der Waals surface area contributed by atoms with Crippen molar-refractivity contribution in [2.45, 2.75) is 33.1 Å². The topological polar surface area (TPSA) is 84.6 Å². The summed E-state index contributed by atoms with van der Waals surface area (Å²) in [5, 5.41) is 0.419. The SMILES string of the molecule is COc1ccc(COCc2cc(C(=O)c3ccc(-n4cnc(C)c4Cl)c(OC)c3)c(=O)n([C@@H](C)c3ccc(F)cc3)c2)cc1. The summed E-state index contributed by atoms with van der Waals surface area (Å²) < 4.78 is 33.5. The Hall–Kier alpha value is -4.73. The van der Waals surface area contributed by atoms with Crippen LogP contribution in [0.4, 0.5) is 4.39 Å². The Labute approximate surface area is 259 Å². The summed E-state index contributed by atoms with van der Waals surface area (Å²) >= 11 is 6.40. The molecular formula is C34H31ClFN3O5. The fourth-order valence-electron chi connectivity index (χ4n) is 4.86. The fraction of sp³-hybridized carbons (Fsp3) is 0.206. The van der Waals surface area contributed by atoms with E-state index >= 15 is 0 Å². The molecule has 5 aromatic rings. The predicted molar refractivity (Wildman–Crippen MR) is 166 cm³/mol. The van der Waals surface area contributed by atoms with E-state index in [-0.39, 0.29) is 23.6 Å². The molecule has 44 heavy (non-hydrogen) atoms. The van der Waals surface area contributed by atoms with Gasteiger partial charge in [-0.25, -0.2) is 9.37 Å². The largest absolute Gasteiger partial charge is 0.497 e. The number of imidazole rings is 1. The van der Waals surface area contributed by atoms with Gasteiger partial charge in [0, 0.05) is 11.8 Å². The van der Waals surface area contributed by atoms with Crippen molar-refractivity contribution in [3.8, 4) is 17.2 Å². The first-order valence-corrected chi connectivity index (χ1v) is 14.2. The number of ether oxygens (including phenoxy) is 3. The van der Waals surface area contributed by atoms with Crippen LogP contribution in [0.3, 0.4) is 0 Å². The number of aryl methyl sites for hydroxylation is 1. The minimum absolute atomic E-state index is 0.0316. The number of rotatable bonds is 11. The third-order valence-corrected chi connectivity index (χ3v) is 7.84. The highest BCUT2D eigenvalue weighted by Gasteiger charge is 2.22. The Morgan fingerprint density at radius 1 is 0.955 bits per heavy atom. The van der Waals surface area contributed by atoms with Crippen LogP contribution in [-0.2, 0) is 18.0 Å². The monoisotopic (exact) mass is 615 g/mol. The van der Waals surface area contributed by atoms with E-state index in [1.165, 1.54) is 23.8 Å². The van der Waals surface area contributed by atoms with Gasteiger partial charge in [0.2, 0.25) is 0 Å². The van der Waals surface area contributed by atoms with E-state index in [9.17, 15) is 14.0 Å². The molecule has 0 aliphatic carbocycles. The lowest BCUT2D eigenvalue weighted by atomic mass is 10.0. The number of nitrogens with zero attached hydrogens (tertiary/aromatic N) is 3. The van der Waals surface area contributed by atoms with Crippen LogP contribution < -0.4 is 15.0 Å². The van der Waals surface area contributed by atoms with Crippen LogP contribution in [-0.4, -0.2) is 34.1 Å². The van der Waals surface area contributed by atoms with Crippen LogP contribution in [0, 0.1) is 12.7 Å². The number of carbonyl (C=O) groups excluding carboxylic acids is 1. The van der Waals surface area contributed by atoms with Crippen LogP contribution in [0.25, 0.3) is 5.69 Å². The molecule has 0 saturated carbocycles. The molecule has 0 bridgehead atoms. The average molecular weight is 616 g/mol. The van der Waals surface area contributed by atoms with Gasteiger partial charge < -0.3 is 18.8 Å². The van der Waals surface area contributed by atoms with Crippen molar-refractivity contribution in [3.63, 3.8) is 0 Å². The Bertz CT molecular complexity index is 1850. The molecule has 8 nitrogen and oxygen atoms in total. The highest BCUT2D eigenvalue weighted by atomic mass is 35.5. The van der Waals surface area contributed by atoms with Crippen molar-refractivity contribution in [1.82, 2.24) is 14.1 Å². The molecule has 0 spiro atoms. The Morgan fingerprint density at radius 2 is 1.66 bits per heavy atom. The second kappa shape index (κ2) is 13.3. The first-order chi connectivity index (χ1) is 21.2. The molecule has 0 saturated heterocycles. The third kappa shape index (κ3) is 6.44. The van der Waals surface area contributed by atoms with Crippen LogP contribution in [0.2, 0.25) is 5.15 Å². The molecule has 0 amide bonds. The molecule has 0 N–H and O–H groups in total. The van der Waals surface area contributed by atoms with Gasteiger partial charge >= 0.3 is 0 Å². The van der Waals surface area contributed by atoms with Crippen molar-refractivity contribution < 1.29 is 23.4 Å². The lowest BCUT2D eigenvalue weighted by Gasteiger charge is -2.19. The first kappa shape index (κ1) is 30.7. The van der Waals surface area contributed by atoms with Gasteiger partial charge in [-0.15, -0.1) is 0 Å². The molecule has 5 rings (SSSR count). The molecule has 2 heterocycles. The molecule has 0 aliphatic heterocycles. The van der Waals surface area contributed by atoms with Crippen molar-refractivity contribution in [2.75, 3.05) is 14.2 Å². The zero-order valence-corrected chi connectivity index (χ0v) is 25.5. The first-order valence-electron chi connectivity index (χ1n) is 13.8.